The van der Waals surface area contributed by atoms with Gasteiger partial charge in [0.25, 0.3) is 0 Å². The highest BCUT2D eigenvalue weighted by Crippen LogP contribution is 2.27. The molecule has 2 aromatic heterocycles. The molecule has 0 amide bonds. The van der Waals surface area contributed by atoms with E-state index < -0.39 is 6.04 Å². The molecule has 3 rings (SSSR count). The summed E-state index contributed by atoms with van der Waals surface area (Å²) in [6.07, 6.45) is 1.60. The number of aromatic nitrogens is 4. The first kappa shape index (κ1) is 18.2. The average Bonchev–Trinajstić information content (AvgIpc) is 3.10. The predicted octanol–water partition coefficient (Wildman–Crippen LogP) is 3.28. The zero-order valence-corrected chi connectivity index (χ0v) is 15.8. The summed E-state index contributed by atoms with van der Waals surface area (Å²) in [5, 5.41) is 3.69. The molecule has 1 N–H and O–H groups in total. The summed E-state index contributed by atoms with van der Waals surface area (Å²) in [7, 11) is 1.79. The predicted molar refractivity (Wildman–Crippen MR) is 102 cm³/mol. The van der Waals surface area contributed by atoms with Gasteiger partial charge in [0.15, 0.2) is 22.1 Å². The SMILES string of the molecule is CCOC(=O)C(C)n1cnc2c(NC)nc(SCc3ccccc3)nc21. The molecule has 26 heavy (non-hydrogen) atoms. The Morgan fingerprint density at radius 1 is 1.31 bits per heavy atom. The van der Waals surface area contributed by atoms with Crippen molar-refractivity contribution in [3.8, 4) is 0 Å². The number of nitrogens with zero attached hydrogens (tertiary/aromatic N) is 4. The van der Waals surface area contributed by atoms with Gasteiger partial charge < -0.3 is 14.6 Å². The number of ether oxygens (including phenoxy) is 1. The van der Waals surface area contributed by atoms with Gasteiger partial charge in [0, 0.05) is 12.8 Å². The molecule has 0 saturated heterocycles. The number of esters is 1. The van der Waals surface area contributed by atoms with Crippen molar-refractivity contribution in [1.82, 2.24) is 19.5 Å². The van der Waals surface area contributed by atoms with Gasteiger partial charge in [0.2, 0.25) is 0 Å². The van der Waals surface area contributed by atoms with Gasteiger partial charge in [-0.25, -0.2) is 19.7 Å². The molecule has 0 aliphatic rings. The largest absolute Gasteiger partial charge is 0.464 e. The quantitative estimate of drug-likeness (QED) is 0.388. The van der Waals surface area contributed by atoms with Gasteiger partial charge in [-0.2, -0.15) is 0 Å². The van der Waals surface area contributed by atoms with Crippen LogP contribution in [0, 0.1) is 0 Å². The molecule has 0 bridgehead atoms. The molecule has 8 heteroatoms. The van der Waals surface area contributed by atoms with Gasteiger partial charge in [-0.15, -0.1) is 0 Å². The second kappa shape index (κ2) is 8.18. The first-order valence-corrected chi connectivity index (χ1v) is 9.38. The van der Waals surface area contributed by atoms with Crippen LogP contribution in [0.2, 0.25) is 0 Å². The maximum absolute atomic E-state index is 12.1. The van der Waals surface area contributed by atoms with Crippen molar-refractivity contribution >= 4 is 34.7 Å². The molecule has 0 fully saturated rings. The lowest BCUT2D eigenvalue weighted by molar-refractivity contribution is -0.146. The monoisotopic (exact) mass is 371 g/mol. The minimum Gasteiger partial charge on any atom is -0.464 e. The van der Waals surface area contributed by atoms with Crippen LogP contribution in [-0.2, 0) is 15.3 Å². The van der Waals surface area contributed by atoms with Gasteiger partial charge in [0.1, 0.15) is 6.04 Å². The van der Waals surface area contributed by atoms with Crippen molar-refractivity contribution in [3.63, 3.8) is 0 Å². The Hall–Kier alpha value is -2.61. The smallest absolute Gasteiger partial charge is 0.328 e. The van der Waals surface area contributed by atoms with E-state index in [1.54, 1.807) is 43.6 Å². The molecule has 0 saturated carbocycles. The second-order valence-corrected chi connectivity index (χ2v) is 6.57. The minimum absolute atomic E-state index is 0.310. The highest BCUT2D eigenvalue weighted by atomic mass is 32.2. The maximum atomic E-state index is 12.1. The van der Waals surface area contributed by atoms with Crippen LogP contribution in [0.3, 0.4) is 0 Å². The molecule has 2 heterocycles. The Morgan fingerprint density at radius 2 is 2.08 bits per heavy atom. The number of hydrogen-bond donors (Lipinski definition) is 1. The Labute approximate surface area is 156 Å². The van der Waals surface area contributed by atoms with Gasteiger partial charge in [-0.05, 0) is 19.4 Å². The minimum atomic E-state index is -0.508. The van der Waals surface area contributed by atoms with Crippen LogP contribution in [0.5, 0.6) is 0 Å². The second-order valence-electron chi connectivity index (χ2n) is 5.63. The lowest BCUT2D eigenvalue weighted by atomic mass is 10.2. The Bertz CT molecular complexity index is 897. The van der Waals surface area contributed by atoms with E-state index in [4.69, 9.17) is 4.74 Å². The van der Waals surface area contributed by atoms with Crippen LogP contribution in [0.1, 0.15) is 25.5 Å². The lowest BCUT2D eigenvalue weighted by Gasteiger charge is -2.13. The van der Waals surface area contributed by atoms with Gasteiger partial charge in [-0.1, -0.05) is 42.1 Å². The van der Waals surface area contributed by atoms with Crippen molar-refractivity contribution in [2.75, 3.05) is 19.0 Å². The number of nitrogens with one attached hydrogen (secondary N) is 1. The van der Waals surface area contributed by atoms with Crippen molar-refractivity contribution in [2.45, 2.75) is 30.8 Å². The first-order chi connectivity index (χ1) is 12.6. The third kappa shape index (κ3) is 3.80. The van der Waals surface area contributed by atoms with Gasteiger partial charge in [-0.3, -0.25) is 0 Å². The summed E-state index contributed by atoms with van der Waals surface area (Å²) in [5.74, 6) is 1.09. The van der Waals surface area contributed by atoms with E-state index in [9.17, 15) is 4.79 Å². The fourth-order valence-corrected chi connectivity index (χ4v) is 3.31. The molecule has 1 aromatic carbocycles. The number of thioether (sulfide) groups is 1. The zero-order valence-electron chi connectivity index (χ0n) is 15.0. The highest BCUT2D eigenvalue weighted by molar-refractivity contribution is 7.98. The fraction of sp³-hybridized carbons (Fsp3) is 0.333. The fourth-order valence-electron chi connectivity index (χ4n) is 2.52. The average molecular weight is 371 g/mol. The van der Waals surface area contributed by atoms with E-state index in [-0.39, 0.29) is 5.97 Å². The van der Waals surface area contributed by atoms with E-state index in [2.05, 4.69) is 32.4 Å². The number of hydrogen-bond acceptors (Lipinski definition) is 7. The third-order valence-corrected chi connectivity index (χ3v) is 4.81. The van der Waals surface area contributed by atoms with Crippen LogP contribution in [0.4, 0.5) is 5.82 Å². The van der Waals surface area contributed by atoms with E-state index in [0.717, 1.165) is 5.75 Å². The van der Waals surface area contributed by atoms with E-state index in [0.29, 0.717) is 28.7 Å². The first-order valence-electron chi connectivity index (χ1n) is 8.39. The molecule has 136 valence electrons. The number of carbonyl (C=O) groups excluding carboxylic acids is 1. The Morgan fingerprint density at radius 3 is 2.77 bits per heavy atom. The maximum Gasteiger partial charge on any atom is 0.328 e. The van der Waals surface area contributed by atoms with E-state index in [1.165, 1.54) is 5.56 Å². The van der Waals surface area contributed by atoms with Crippen molar-refractivity contribution in [1.29, 1.82) is 0 Å². The summed E-state index contributed by atoms with van der Waals surface area (Å²) in [4.78, 5) is 25.6. The normalized spacial score (nSPS) is 12.1. The van der Waals surface area contributed by atoms with Crippen molar-refractivity contribution in [2.24, 2.45) is 0 Å². The van der Waals surface area contributed by atoms with Crippen LogP contribution in [0.15, 0.2) is 41.8 Å². The number of fused-ring (bicyclic) bond motifs is 1. The van der Waals surface area contributed by atoms with Crippen molar-refractivity contribution < 1.29 is 9.53 Å². The van der Waals surface area contributed by atoms with Gasteiger partial charge in [0.05, 0.1) is 12.9 Å². The molecule has 0 radical (unpaired) electrons. The Kier molecular flexibility index (Phi) is 5.72. The van der Waals surface area contributed by atoms with Gasteiger partial charge >= 0.3 is 5.97 Å². The number of carbonyl (C=O) groups is 1. The molecule has 0 aliphatic heterocycles. The summed E-state index contributed by atoms with van der Waals surface area (Å²) in [6, 6.07) is 9.64. The summed E-state index contributed by atoms with van der Waals surface area (Å²) < 4.78 is 6.84. The standard InChI is InChI=1S/C18H21N5O2S/c1-4-25-17(24)12(2)23-11-20-14-15(19-3)21-18(22-16(14)23)26-10-13-8-6-5-7-9-13/h5-9,11-12H,4,10H2,1-3H3,(H,19,21,22). The molecule has 7 nitrogen and oxygen atoms in total. The molecular weight excluding hydrogens is 350 g/mol. The third-order valence-electron chi connectivity index (χ3n) is 3.89. The number of benzene rings is 1. The lowest BCUT2D eigenvalue weighted by Crippen LogP contribution is -2.19. The van der Waals surface area contributed by atoms with Crippen LogP contribution in [0.25, 0.3) is 11.2 Å². The molecule has 1 unspecified atom stereocenters. The van der Waals surface area contributed by atoms with Crippen molar-refractivity contribution in [3.05, 3.63) is 42.2 Å². The number of imidazole rings is 1. The summed E-state index contributed by atoms with van der Waals surface area (Å²) >= 11 is 1.54. The molecule has 0 spiro atoms. The summed E-state index contributed by atoms with van der Waals surface area (Å²) in [5.41, 5.74) is 2.44. The zero-order chi connectivity index (χ0) is 18.5. The molecular formula is C18H21N5O2S. The van der Waals surface area contributed by atoms with E-state index >= 15 is 0 Å². The highest BCUT2D eigenvalue weighted by Gasteiger charge is 2.21. The number of rotatable bonds is 7. The van der Waals surface area contributed by atoms with E-state index in [1.807, 2.05) is 18.2 Å². The van der Waals surface area contributed by atoms with Crippen LogP contribution >= 0.6 is 11.8 Å². The Balaban J connectivity index is 1.93. The summed E-state index contributed by atoms with van der Waals surface area (Å²) in [6.45, 7) is 3.90. The molecule has 1 atom stereocenters. The number of anilines is 1. The van der Waals surface area contributed by atoms with Crippen LogP contribution < -0.4 is 5.32 Å². The molecule has 3 aromatic rings. The topological polar surface area (TPSA) is 81.9 Å². The van der Waals surface area contributed by atoms with Crippen LogP contribution in [-0.4, -0.2) is 39.1 Å². The molecule has 0 aliphatic carbocycles.